The predicted octanol–water partition coefficient (Wildman–Crippen LogP) is 2.93. The smallest absolute Gasteiger partial charge is 0.256 e. The van der Waals surface area contributed by atoms with E-state index in [2.05, 4.69) is 4.98 Å². The molecular weight excluding hydrogens is 350 g/mol. The normalized spacial score (nSPS) is 11.9. The van der Waals surface area contributed by atoms with Gasteiger partial charge in [-0.3, -0.25) is 0 Å². The zero-order valence-electron chi connectivity index (χ0n) is 12.2. The molecule has 1 heterocycles. The highest BCUT2D eigenvalue weighted by atomic mass is 35.5. The summed E-state index contributed by atoms with van der Waals surface area (Å²) in [5.74, 6) is -0.218. The molecule has 1 aromatic heterocycles. The molecule has 2 aromatic rings. The SMILES string of the molecule is COc1cc(CS(=O)(=O)Cc2nccn2CC(F)F)ccc1Cl. The Morgan fingerprint density at radius 2 is 2.09 bits per heavy atom. The first kappa shape index (κ1) is 17.7. The summed E-state index contributed by atoms with van der Waals surface area (Å²) in [6.07, 6.45) is 0.0622. The topological polar surface area (TPSA) is 61.2 Å². The molecule has 0 aliphatic carbocycles. The maximum atomic E-state index is 12.5. The Bertz CT molecular complexity index is 778. The Hall–Kier alpha value is -1.67. The third-order valence-corrected chi connectivity index (χ3v) is 4.87. The number of halogens is 3. The highest BCUT2D eigenvalue weighted by Gasteiger charge is 2.19. The number of benzene rings is 1. The average Bonchev–Trinajstić information content (AvgIpc) is 2.86. The highest BCUT2D eigenvalue weighted by Crippen LogP contribution is 2.26. The zero-order valence-corrected chi connectivity index (χ0v) is 13.8. The van der Waals surface area contributed by atoms with Crippen LogP contribution in [-0.2, 0) is 27.9 Å². The third kappa shape index (κ3) is 4.90. The Balaban J connectivity index is 2.15. The molecule has 0 N–H and O–H groups in total. The summed E-state index contributed by atoms with van der Waals surface area (Å²) in [4.78, 5) is 3.85. The molecule has 2 rings (SSSR count). The van der Waals surface area contributed by atoms with Crippen molar-refractivity contribution in [3.8, 4) is 5.75 Å². The lowest BCUT2D eigenvalue weighted by atomic mass is 10.2. The summed E-state index contributed by atoms with van der Waals surface area (Å²) >= 11 is 5.89. The van der Waals surface area contributed by atoms with Gasteiger partial charge in [0, 0.05) is 12.4 Å². The number of nitrogens with zero attached hydrogens (tertiary/aromatic N) is 2. The van der Waals surface area contributed by atoms with E-state index in [-0.39, 0.29) is 11.6 Å². The van der Waals surface area contributed by atoms with Crippen LogP contribution < -0.4 is 4.74 Å². The van der Waals surface area contributed by atoms with Crippen LogP contribution in [0.1, 0.15) is 11.4 Å². The molecule has 0 radical (unpaired) electrons. The second-order valence-corrected chi connectivity index (χ2v) is 7.36. The minimum Gasteiger partial charge on any atom is -0.495 e. The molecule has 1 aromatic carbocycles. The zero-order chi connectivity index (χ0) is 17.0. The maximum Gasteiger partial charge on any atom is 0.256 e. The molecule has 0 bridgehead atoms. The van der Waals surface area contributed by atoms with Crippen molar-refractivity contribution in [3.05, 3.63) is 47.0 Å². The van der Waals surface area contributed by atoms with Crippen LogP contribution in [0, 0.1) is 0 Å². The van der Waals surface area contributed by atoms with Crippen LogP contribution in [0.4, 0.5) is 8.78 Å². The minimum atomic E-state index is -3.58. The van der Waals surface area contributed by atoms with Crippen LogP contribution >= 0.6 is 11.6 Å². The summed E-state index contributed by atoms with van der Waals surface area (Å²) in [6.45, 7) is -0.584. The van der Waals surface area contributed by atoms with Gasteiger partial charge in [-0.25, -0.2) is 22.2 Å². The number of hydrogen-bond donors (Lipinski definition) is 0. The van der Waals surface area contributed by atoms with Gasteiger partial charge in [0.15, 0.2) is 9.84 Å². The summed E-state index contributed by atoms with van der Waals surface area (Å²) in [5, 5.41) is 0.376. The summed E-state index contributed by atoms with van der Waals surface area (Å²) in [5.41, 5.74) is 0.498. The van der Waals surface area contributed by atoms with Crippen LogP contribution in [-0.4, -0.2) is 31.5 Å². The van der Waals surface area contributed by atoms with Gasteiger partial charge in [-0.05, 0) is 17.7 Å². The molecule has 0 unspecified atom stereocenters. The second-order valence-electron chi connectivity index (χ2n) is 4.89. The van der Waals surface area contributed by atoms with E-state index in [4.69, 9.17) is 16.3 Å². The Morgan fingerprint density at radius 3 is 2.74 bits per heavy atom. The van der Waals surface area contributed by atoms with E-state index in [9.17, 15) is 17.2 Å². The molecule has 0 aliphatic rings. The monoisotopic (exact) mass is 364 g/mol. The largest absolute Gasteiger partial charge is 0.495 e. The van der Waals surface area contributed by atoms with Crippen LogP contribution in [0.3, 0.4) is 0 Å². The summed E-state index contributed by atoms with van der Waals surface area (Å²) in [6, 6.07) is 4.66. The number of aromatic nitrogens is 2. The fraction of sp³-hybridized carbons (Fsp3) is 0.357. The van der Waals surface area contributed by atoms with E-state index in [1.54, 1.807) is 12.1 Å². The van der Waals surface area contributed by atoms with Crippen molar-refractivity contribution in [2.45, 2.75) is 24.5 Å². The van der Waals surface area contributed by atoms with E-state index < -0.39 is 28.6 Å². The molecule has 0 saturated heterocycles. The Labute approximate surface area is 137 Å². The van der Waals surface area contributed by atoms with Crippen molar-refractivity contribution in [2.24, 2.45) is 0 Å². The lowest BCUT2D eigenvalue weighted by Gasteiger charge is -2.09. The fourth-order valence-electron chi connectivity index (χ4n) is 2.09. The first-order chi connectivity index (χ1) is 10.8. The van der Waals surface area contributed by atoms with Gasteiger partial charge >= 0.3 is 0 Å². The molecule has 0 atom stereocenters. The Kier molecular flexibility index (Phi) is 5.59. The molecule has 23 heavy (non-hydrogen) atoms. The van der Waals surface area contributed by atoms with Gasteiger partial charge in [-0.1, -0.05) is 17.7 Å². The average molecular weight is 365 g/mol. The highest BCUT2D eigenvalue weighted by molar-refractivity contribution is 7.89. The molecule has 5 nitrogen and oxygen atoms in total. The van der Waals surface area contributed by atoms with E-state index in [0.717, 1.165) is 4.57 Å². The molecule has 0 spiro atoms. The molecule has 0 saturated carbocycles. The second kappa shape index (κ2) is 7.27. The van der Waals surface area contributed by atoms with Gasteiger partial charge < -0.3 is 9.30 Å². The summed E-state index contributed by atoms with van der Waals surface area (Å²) in [7, 11) is -2.15. The first-order valence-electron chi connectivity index (χ1n) is 6.62. The van der Waals surface area contributed by atoms with Crippen molar-refractivity contribution in [1.29, 1.82) is 0 Å². The maximum absolute atomic E-state index is 12.5. The number of ether oxygens (including phenoxy) is 1. The minimum absolute atomic E-state index is 0.0891. The van der Waals surface area contributed by atoms with E-state index >= 15 is 0 Å². The first-order valence-corrected chi connectivity index (χ1v) is 8.81. The lowest BCUT2D eigenvalue weighted by molar-refractivity contribution is 0.125. The predicted molar refractivity (Wildman–Crippen MR) is 82.6 cm³/mol. The van der Waals surface area contributed by atoms with Gasteiger partial charge in [0.05, 0.1) is 24.4 Å². The van der Waals surface area contributed by atoms with Crippen molar-refractivity contribution in [1.82, 2.24) is 9.55 Å². The number of alkyl halides is 2. The van der Waals surface area contributed by atoms with Crippen molar-refractivity contribution < 1.29 is 21.9 Å². The lowest BCUT2D eigenvalue weighted by Crippen LogP contribution is -2.15. The molecule has 0 aliphatic heterocycles. The van der Waals surface area contributed by atoms with E-state index in [0.29, 0.717) is 16.3 Å². The number of methoxy groups -OCH3 is 1. The standard InChI is InChI=1S/C14H15ClF2N2O3S/c1-22-12-6-10(2-3-11(12)15)8-23(20,21)9-14-18-4-5-19(14)7-13(16)17/h2-6,13H,7-9H2,1H3. The Morgan fingerprint density at radius 1 is 1.35 bits per heavy atom. The van der Waals surface area contributed by atoms with Gasteiger partial charge in [0.1, 0.15) is 17.3 Å². The molecule has 9 heteroatoms. The number of rotatable bonds is 7. The van der Waals surface area contributed by atoms with Gasteiger partial charge in [0.25, 0.3) is 6.43 Å². The van der Waals surface area contributed by atoms with E-state index in [1.807, 2.05) is 0 Å². The van der Waals surface area contributed by atoms with Crippen LogP contribution in [0.15, 0.2) is 30.6 Å². The van der Waals surface area contributed by atoms with Crippen molar-refractivity contribution >= 4 is 21.4 Å². The fourth-order valence-corrected chi connectivity index (χ4v) is 3.71. The van der Waals surface area contributed by atoms with E-state index in [1.165, 1.54) is 25.6 Å². The summed E-state index contributed by atoms with van der Waals surface area (Å²) < 4.78 is 55.6. The van der Waals surface area contributed by atoms with Gasteiger partial charge in [-0.2, -0.15) is 0 Å². The quantitative estimate of drug-likeness (QED) is 0.758. The molecule has 0 fully saturated rings. The van der Waals surface area contributed by atoms with Gasteiger partial charge in [-0.15, -0.1) is 0 Å². The molecular formula is C14H15ClF2N2O3S. The molecule has 126 valence electrons. The van der Waals surface area contributed by atoms with Crippen LogP contribution in [0.2, 0.25) is 5.02 Å². The van der Waals surface area contributed by atoms with Crippen molar-refractivity contribution in [2.75, 3.05) is 7.11 Å². The molecule has 0 amide bonds. The number of hydrogen-bond acceptors (Lipinski definition) is 4. The third-order valence-electron chi connectivity index (χ3n) is 3.09. The van der Waals surface area contributed by atoms with Crippen molar-refractivity contribution in [3.63, 3.8) is 0 Å². The van der Waals surface area contributed by atoms with Crippen LogP contribution in [0.5, 0.6) is 5.75 Å². The number of sulfone groups is 1. The van der Waals surface area contributed by atoms with Gasteiger partial charge in [0.2, 0.25) is 0 Å². The number of imidazole rings is 1. The van der Waals surface area contributed by atoms with Crippen LogP contribution in [0.25, 0.3) is 0 Å².